The fourth-order valence-electron chi connectivity index (χ4n) is 2.77. The molecule has 0 bridgehead atoms. The van der Waals surface area contributed by atoms with E-state index in [1.807, 2.05) is 6.07 Å². The monoisotopic (exact) mass is 383 g/mol. The zero-order valence-electron chi connectivity index (χ0n) is 13.8. The van der Waals surface area contributed by atoms with Crippen LogP contribution in [0.4, 0.5) is 5.82 Å². The minimum Gasteiger partial charge on any atom is -0.387 e. The fourth-order valence-corrected chi connectivity index (χ4v) is 3.33. The van der Waals surface area contributed by atoms with Crippen molar-refractivity contribution in [2.45, 2.75) is 31.5 Å². The summed E-state index contributed by atoms with van der Waals surface area (Å²) in [5.74, 6) is 0.0994. The number of hydrogen-bond acceptors (Lipinski definition) is 9. The van der Waals surface area contributed by atoms with Crippen LogP contribution in [0, 0.1) is 11.3 Å². The average Bonchev–Trinajstić information content (AvgIpc) is 3.13. The molecular formula is C14H18N5O6P. The van der Waals surface area contributed by atoms with Gasteiger partial charge in [0.1, 0.15) is 42.2 Å². The Bertz CT molecular complexity index is 911. The summed E-state index contributed by atoms with van der Waals surface area (Å²) in [5.41, 5.74) is 6.24. The largest absolute Gasteiger partial charge is 0.387 e. The van der Waals surface area contributed by atoms with Gasteiger partial charge in [0.2, 0.25) is 0 Å². The van der Waals surface area contributed by atoms with Gasteiger partial charge in [-0.05, 0) is 0 Å². The second kappa shape index (κ2) is 6.92. The predicted octanol–water partition coefficient (Wildman–Crippen LogP) is -0.274. The Balaban J connectivity index is 1.91. The maximum absolute atomic E-state index is 11.6. The molecule has 5 atom stereocenters. The van der Waals surface area contributed by atoms with Crippen molar-refractivity contribution < 1.29 is 28.9 Å². The minimum absolute atomic E-state index is 0.0915. The molecule has 2 aromatic heterocycles. The Kier molecular flexibility index (Phi) is 4.98. The van der Waals surface area contributed by atoms with Gasteiger partial charge in [-0.2, -0.15) is 5.26 Å². The molecule has 0 saturated carbocycles. The molecule has 140 valence electrons. The topological polar surface area (TPSA) is 177 Å². The maximum atomic E-state index is 11.6. The zero-order chi connectivity index (χ0) is 19.1. The highest BCUT2D eigenvalue weighted by atomic mass is 31.2. The summed E-state index contributed by atoms with van der Waals surface area (Å²) in [4.78, 5) is 17.4. The molecule has 0 aliphatic carbocycles. The van der Waals surface area contributed by atoms with Crippen LogP contribution in [-0.2, 0) is 13.8 Å². The summed E-state index contributed by atoms with van der Waals surface area (Å²) in [6, 6.07) is 1.97. The molecule has 5 unspecified atom stereocenters. The van der Waals surface area contributed by atoms with E-state index in [0.717, 1.165) is 0 Å². The quantitative estimate of drug-likeness (QED) is 0.502. The van der Waals surface area contributed by atoms with Crippen LogP contribution in [0.25, 0.3) is 11.0 Å². The molecular weight excluding hydrogens is 365 g/mol. The van der Waals surface area contributed by atoms with E-state index < -0.39 is 32.1 Å². The third-order valence-corrected chi connectivity index (χ3v) is 5.56. The summed E-state index contributed by atoms with van der Waals surface area (Å²) in [7, 11) is -3.77. The van der Waals surface area contributed by atoms with Gasteiger partial charge in [-0.1, -0.05) is 6.92 Å². The molecule has 0 radical (unpaired) electrons. The minimum atomic E-state index is -3.77. The van der Waals surface area contributed by atoms with Gasteiger partial charge >= 0.3 is 7.60 Å². The van der Waals surface area contributed by atoms with Crippen molar-refractivity contribution >= 4 is 24.4 Å². The highest BCUT2D eigenvalue weighted by Gasteiger charge is 2.45. The molecule has 5 N–H and O–H groups in total. The summed E-state index contributed by atoms with van der Waals surface area (Å²) in [6.45, 7) is 1.11. The Morgan fingerprint density at radius 1 is 1.46 bits per heavy atom. The molecule has 1 aliphatic heterocycles. The van der Waals surface area contributed by atoms with Crippen LogP contribution in [0.1, 0.15) is 18.7 Å². The number of rotatable bonds is 5. The Morgan fingerprint density at radius 3 is 2.85 bits per heavy atom. The van der Waals surface area contributed by atoms with Gasteiger partial charge in [-0.15, -0.1) is 0 Å². The van der Waals surface area contributed by atoms with Crippen LogP contribution in [0.15, 0.2) is 12.5 Å². The lowest BCUT2D eigenvalue weighted by molar-refractivity contribution is -0.0481. The molecule has 11 nitrogen and oxygen atoms in total. The predicted molar refractivity (Wildman–Crippen MR) is 88.9 cm³/mol. The van der Waals surface area contributed by atoms with Crippen molar-refractivity contribution in [1.82, 2.24) is 14.5 Å². The lowest BCUT2D eigenvalue weighted by Gasteiger charge is -2.17. The van der Waals surface area contributed by atoms with E-state index >= 15 is 0 Å². The van der Waals surface area contributed by atoms with Crippen molar-refractivity contribution in [3.05, 3.63) is 18.1 Å². The lowest BCUT2D eigenvalue weighted by Crippen LogP contribution is -2.33. The number of aliphatic hydroxyl groups is 2. The average molecular weight is 383 g/mol. The van der Waals surface area contributed by atoms with E-state index in [1.165, 1.54) is 24.0 Å². The molecule has 1 fully saturated rings. The van der Waals surface area contributed by atoms with E-state index in [2.05, 4.69) is 9.97 Å². The molecule has 26 heavy (non-hydrogen) atoms. The first-order valence-electron chi connectivity index (χ1n) is 7.78. The number of fused-ring (bicyclic) bond motifs is 1. The molecule has 3 rings (SSSR count). The van der Waals surface area contributed by atoms with Gasteiger partial charge < -0.3 is 34.7 Å². The van der Waals surface area contributed by atoms with Crippen LogP contribution in [0.5, 0.6) is 0 Å². The summed E-state index contributed by atoms with van der Waals surface area (Å²) < 4.78 is 23.5. The molecule has 12 heteroatoms. The number of anilines is 1. The molecule has 3 heterocycles. The first-order chi connectivity index (χ1) is 12.3. The number of aromatic nitrogens is 3. The third-order valence-electron chi connectivity index (χ3n) is 4.21. The molecule has 2 aromatic rings. The van der Waals surface area contributed by atoms with Crippen LogP contribution in [0.2, 0.25) is 0 Å². The highest BCUT2D eigenvalue weighted by molar-refractivity contribution is 7.52. The van der Waals surface area contributed by atoms with Gasteiger partial charge in [0.15, 0.2) is 6.23 Å². The standard InChI is InChI=1S/C14H18N5O6P/c1-2-26(22,23)24-5-8-10(20)11(21)14(25-8)19-4-7(3-15)9-12(16)17-6-18-13(9)19/h4,6,8,10-11,14,20-21H,2,5H2,1H3,(H,22,23)(H2,16,17,18). The number of nitrogens with two attached hydrogens (primary N) is 1. The SMILES string of the molecule is CCP(=O)(O)OCC1OC(n2cc(C#N)c3c(N)ncnc32)C(O)C1O. The number of aliphatic hydroxyl groups excluding tert-OH is 2. The normalized spacial score (nSPS) is 28.1. The van der Waals surface area contributed by atoms with Crippen LogP contribution >= 0.6 is 7.60 Å². The molecule has 0 amide bonds. The molecule has 1 saturated heterocycles. The number of nitrogen functional groups attached to an aromatic ring is 1. The van der Waals surface area contributed by atoms with E-state index in [0.29, 0.717) is 5.39 Å². The highest BCUT2D eigenvalue weighted by Crippen LogP contribution is 2.42. The third kappa shape index (κ3) is 3.19. The van der Waals surface area contributed by atoms with Gasteiger partial charge in [0, 0.05) is 12.4 Å². The van der Waals surface area contributed by atoms with Gasteiger partial charge in [-0.25, -0.2) is 9.97 Å². The first kappa shape index (κ1) is 18.7. The number of hydrogen-bond donors (Lipinski definition) is 4. The summed E-state index contributed by atoms with van der Waals surface area (Å²) in [5, 5.41) is 30.1. The van der Waals surface area contributed by atoms with Crippen LogP contribution in [-0.4, -0.2) is 60.7 Å². The Labute approximate surface area is 148 Å². The Morgan fingerprint density at radius 2 is 2.19 bits per heavy atom. The van der Waals surface area contributed by atoms with E-state index in [-0.39, 0.29) is 29.8 Å². The van der Waals surface area contributed by atoms with E-state index in [4.69, 9.17) is 15.0 Å². The van der Waals surface area contributed by atoms with Crippen molar-refractivity contribution in [1.29, 1.82) is 5.26 Å². The lowest BCUT2D eigenvalue weighted by atomic mass is 10.1. The summed E-state index contributed by atoms with van der Waals surface area (Å²) >= 11 is 0. The molecule has 0 spiro atoms. The second-order valence-corrected chi connectivity index (χ2v) is 7.98. The smallest absolute Gasteiger partial charge is 0.327 e. The van der Waals surface area contributed by atoms with Crippen molar-refractivity contribution in [2.24, 2.45) is 0 Å². The molecule has 0 aromatic carbocycles. The van der Waals surface area contributed by atoms with Crippen LogP contribution in [0.3, 0.4) is 0 Å². The van der Waals surface area contributed by atoms with Crippen molar-refractivity contribution in [2.75, 3.05) is 18.5 Å². The summed E-state index contributed by atoms with van der Waals surface area (Å²) in [6.07, 6.45) is -2.35. The van der Waals surface area contributed by atoms with Crippen LogP contribution < -0.4 is 5.73 Å². The molecule has 1 aliphatic rings. The fraction of sp³-hybridized carbons (Fsp3) is 0.500. The number of nitrogens with zero attached hydrogens (tertiary/aromatic N) is 4. The maximum Gasteiger partial charge on any atom is 0.327 e. The van der Waals surface area contributed by atoms with Gasteiger partial charge in [0.25, 0.3) is 0 Å². The number of ether oxygens (including phenoxy) is 1. The number of nitriles is 1. The first-order valence-corrected chi connectivity index (χ1v) is 9.54. The van der Waals surface area contributed by atoms with E-state index in [9.17, 15) is 24.9 Å². The van der Waals surface area contributed by atoms with Crippen molar-refractivity contribution in [3.8, 4) is 6.07 Å². The second-order valence-electron chi connectivity index (χ2n) is 5.82. The Hall–Kier alpha value is -2.06. The zero-order valence-corrected chi connectivity index (χ0v) is 14.7. The van der Waals surface area contributed by atoms with Gasteiger partial charge in [-0.3, -0.25) is 4.57 Å². The van der Waals surface area contributed by atoms with Crippen molar-refractivity contribution in [3.63, 3.8) is 0 Å². The van der Waals surface area contributed by atoms with E-state index in [1.54, 1.807) is 0 Å². The van der Waals surface area contributed by atoms with Gasteiger partial charge in [0.05, 0.1) is 17.6 Å².